The highest BCUT2D eigenvalue weighted by Crippen LogP contribution is 2.26. The Bertz CT molecular complexity index is 819. The molecule has 1 fully saturated rings. The number of hydrogen-bond acceptors (Lipinski definition) is 7. The first-order valence-corrected chi connectivity index (χ1v) is 10.8. The number of nitrogens with zero attached hydrogens (tertiary/aromatic N) is 3. The molecular formula is C17H23N3O5S2. The van der Waals surface area contributed by atoms with Crippen LogP contribution in [0.2, 0.25) is 0 Å². The van der Waals surface area contributed by atoms with Gasteiger partial charge in [-0.15, -0.1) is 11.3 Å². The van der Waals surface area contributed by atoms with E-state index in [9.17, 15) is 18.0 Å². The van der Waals surface area contributed by atoms with Crippen LogP contribution in [0.1, 0.15) is 26.7 Å². The number of likely N-dealkylation sites (N-methyl/N-ethyl adjacent to an activating group) is 1. The number of thiophene rings is 1. The molecule has 0 unspecified atom stereocenters. The molecule has 0 aliphatic carbocycles. The molecule has 10 heteroatoms. The van der Waals surface area contributed by atoms with Crippen molar-refractivity contribution in [1.29, 1.82) is 5.26 Å². The van der Waals surface area contributed by atoms with Gasteiger partial charge in [-0.05, 0) is 38.1 Å². The molecule has 0 radical (unpaired) electrons. The van der Waals surface area contributed by atoms with E-state index < -0.39 is 40.0 Å². The lowest BCUT2D eigenvalue weighted by Gasteiger charge is -2.30. The Kier molecular flexibility index (Phi) is 6.62. The van der Waals surface area contributed by atoms with E-state index in [1.165, 1.54) is 16.3 Å². The number of hydrogen-bond donors (Lipinski definition) is 0. The standard InChI is InChI=1S/C17H23N3O5S2/c1-17(2,12-18)19(3)14(21)11-25-16(22)13-6-8-20(9-7-13)27(23,24)15-5-4-10-26-15/h4-5,10,13H,6-9,11H2,1-3H3. The number of ether oxygens (including phenoxy) is 1. The average molecular weight is 414 g/mol. The summed E-state index contributed by atoms with van der Waals surface area (Å²) >= 11 is 1.16. The van der Waals surface area contributed by atoms with Gasteiger partial charge in [0.15, 0.2) is 6.61 Å². The summed E-state index contributed by atoms with van der Waals surface area (Å²) in [5.74, 6) is -1.42. The Hall–Kier alpha value is -1.96. The van der Waals surface area contributed by atoms with Crippen molar-refractivity contribution in [3.8, 4) is 6.07 Å². The SMILES string of the molecule is CN(C(=O)COC(=O)C1CCN(S(=O)(=O)c2cccs2)CC1)C(C)(C)C#N. The van der Waals surface area contributed by atoms with Gasteiger partial charge in [-0.1, -0.05) is 6.07 Å². The summed E-state index contributed by atoms with van der Waals surface area (Å²) in [4.78, 5) is 25.5. The number of sulfonamides is 1. The molecule has 0 atom stereocenters. The molecule has 1 aromatic rings. The second kappa shape index (κ2) is 8.37. The van der Waals surface area contributed by atoms with Crippen LogP contribution in [-0.4, -0.2) is 61.8 Å². The van der Waals surface area contributed by atoms with E-state index >= 15 is 0 Å². The fourth-order valence-corrected chi connectivity index (χ4v) is 5.22. The Labute approximate surface area is 163 Å². The van der Waals surface area contributed by atoms with Crippen molar-refractivity contribution in [2.75, 3.05) is 26.7 Å². The van der Waals surface area contributed by atoms with Gasteiger partial charge in [0, 0.05) is 20.1 Å². The van der Waals surface area contributed by atoms with Gasteiger partial charge in [0.05, 0.1) is 12.0 Å². The van der Waals surface area contributed by atoms with Crippen molar-refractivity contribution in [2.24, 2.45) is 5.92 Å². The van der Waals surface area contributed by atoms with Crippen molar-refractivity contribution < 1.29 is 22.7 Å². The molecule has 1 aliphatic heterocycles. The number of carbonyl (C=O) groups excluding carboxylic acids is 2. The van der Waals surface area contributed by atoms with Gasteiger partial charge < -0.3 is 9.64 Å². The Morgan fingerprint density at radius 1 is 1.41 bits per heavy atom. The first-order valence-electron chi connectivity index (χ1n) is 8.48. The number of esters is 1. The third-order valence-corrected chi connectivity index (χ3v) is 7.97. The van der Waals surface area contributed by atoms with Gasteiger partial charge in [0.25, 0.3) is 15.9 Å². The molecule has 2 rings (SSSR count). The molecule has 2 heterocycles. The third kappa shape index (κ3) is 4.86. The fraction of sp³-hybridized carbons (Fsp3) is 0.588. The smallest absolute Gasteiger partial charge is 0.309 e. The molecule has 0 spiro atoms. The zero-order valence-corrected chi connectivity index (χ0v) is 17.2. The van der Waals surface area contributed by atoms with E-state index in [0.717, 1.165) is 11.3 Å². The Balaban J connectivity index is 1.85. The number of amides is 1. The first kappa shape index (κ1) is 21.3. The molecule has 1 aromatic heterocycles. The summed E-state index contributed by atoms with van der Waals surface area (Å²) in [6, 6.07) is 5.25. The van der Waals surface area contributed by atoms with Gasteiger partial charge >= 0.3 is 5.97 Å². The molecular weight excluding hydrogens is 390 g/mol. The minimum absolute atomic E-state index is 0.231. The minimum atomic E-state index is -3.52. The van der Waals surface area contributed by atoms with Gasteiger partial charge in [0.1, 0.15) is 9.75 Å². The molecule has 1 aliphatic rings. The number of rotatable bonds is 6. The highest BCUT2D eigenvalue weighted by atomic mass is 32.2. The largest absolute Gasteiger partial charge is 0.455 e. The summed E-state index contributed by atoms with van der Waals surface area (Å²) in [5.41, 5.74) is -0.995. The third-order valence-electron chi connectivity index (χ3n) is 4.70. The Morgan fingerprint density at radius 2 is 2.04 bits per heavy atom. The minimum Gasteiger partial charge on any atom is -0.455 e. The molecule has 27 heavy (non-hydrogen) atoms. The van der Waals surface area contributed by atoms with E-state index in [-0.39, 0.29) is 17.3 Å². The fourth-order valence-electron chi connectivity index (χ4n) is 2.60. The van der Waals surface area contributed by atoms with E-state index in [1.54, 1.807) is 31.4 Å². The average Bonchev–Trinajstić information content (AvgIpc) is 3.20. The van der Waals surface area contributed by atoms with Crippen LogP contribution in [0.4, 0.5) is 0 Å². The lowest BCUT2D eigenvalue weighted by molar-refractivity contribution is -0.157. The molecule has 1 amide bonds. The van der Waals surface area contributed by atoms with Crippen molar-refractivity contribution in [3.05, 3.63) is 17.5 Å². The second-order valence-electron chi connectivity index (χ2n) is 6.84. The van der Waals surface area contributed by atoms with Crippen LogP contribution in [0.15, 0.2) is 21.7 Å². The lowest BCUT2D eigenvalue weighted by atomic mass is 9.98. The van der Waals surface area contributed by atoms with Gasteiger partial charge in [-0.3, -0.25) is 9.59 Å². The van der Waals surface area contributed by atoms with Crippen LogP contribution in [0, 0.1) is 17.2 Å². The summed E-state index contributed by atoms with van der Waals surface area (Å²) in [6.45, 7) is 3.21. The van der Waals surface area contributed by atoms with Crippen molar-refractivity contribution in [3.63, 3.8) is 0 Å². The van der Waals surface area contributed by atoms with Gasteiger partial charge in [-0.2, -0.15) is 9.57 Å². The van der Waals surface area contributed by atoms with Gasteiger partial charge in [0.2, 0.25) is 0 Å². The van der Waals surface area contributed by atoms with E-state index in [2.05, 4.69) is 0 Å². The molecule has 1 saturated heterocycles. The molecule has 0 bridgehead atoms. The lowest BCUT2D eigenvalue weighted by Crippen LogP contribution is -2.46. The van der Waals surface area contributed by atoms with Crippen molar-refractivity contribution >= 4 is 33.2 Å². The summed E-state index contributed by atoms with van der Waals surface area (Å²) < 4.78 is 31.7. The normalized spacial score (nSPS) is 16.5. The van der Waals surface area contributed by atoms with Crippen molar-refractivity contribution in [2.45, 2.75) is 36.4 Å². The zero-order valence-electron chi connectivity index (χ0n) is 15.5. The van der Waals surface area contributed by atoms with E-state index in [4.69, 9.17) is 10.00 Å². The number of nitriles is 1. The highest BCUT2D eigenvalue weighted by Gasteiger charge is 2.34. The summed E-state index contributed by atoms with van der Waals surface area (Å²) in [7, 11) is -2.04. The highest BCUT2D eigenvalue weighted by molar-refractivity contribution is 7.91. The van der Waals surface area contributed by atoms with Crippen LogP contribution in [0.25, 0.3) is 0 Å². The topological polar surface area (TPSA) is 108 Å². The first-order chi connectivity index (χ1) is 12.6. The molecule has 148 valence electrons. The van der Waals surface area contributed by atoms with E-state index in [1.807, 2.05) is 6.07 Å². The van der Waals surface area contributed by atoms with Crippen molar-refractivity contribution in [1.82, 2.24) is 9.21 Å². The quantitative estimate of drug-likeness (QED) is 0.653. The zero-order chi connectivity index (χ0) is 20.2. The molecule has 8 nitrogen and oxygen atoms in total. The maximum absolute atomic E-state index is 12.5. The number of carbonyl (C=O) groups is 2. The predicted octanol–water partition coefficient (Wildman–Crippen LogP) is 1.45. The summed E-state index contributed by atoms with van der Waals surface area (Å²) in [6.07, 6.45) is 0.689. The summed E-state index contributed by atoms with van der Waals surface area (Å²) in [5, 5.41) is 10.8. The second-order valence-corrected chi connectivity index (χ2v) is 9.95. The predicted molar refractivity (Wildman–Crippen MR) is 99.2 cm³/mol. The van der Waals surface area contributed by atoms with Crippen LogP contribution < -0.4 is 0 Å². The maximum atomic E-state index is 12.5. The molecule has 0 aromatic carbocycles. The maximum Gasteiger partial charge on any atom is 0.309 e. The number of piperidine rings is 1. The van der Waals surface area contributed by atoms with Gasteiger partial charge in [-0.25, -0.2) is 8.42 Å². The Morgan fingerprint density at radius 3 is 2.56 bits per heavy atom. The monoisotopic (exact) mass is 413 g/mol. The molecule has 0 saturated carbocycles. The van der Waals surface area contributed by atoms with Crippen LogP contribution >= 0.6 is 11.3 Å². The molecule has 0 N–H and O–H groups in total. The van der Waals surface area contributed by atoms with Crippen LogP contribution in [-0.2, 0) is 24.3 Å². The van der Waals surface area contributed by atoms with E-state index in [0.29, 0.717) is 12.8 Å². The van der Waals surface area contributed by atoms with Crippen LogP contribution in [0.3, 0.4) is 0 Å². The van der Waals surface area contributed by atoms with Crippen LogP contribution in [0.5, 0.6) is 0 Å².